The van der Waals surface area contributed by atoms with E-state index in [1.807, 2.05) is 16.0 Å². The number of nitrogens with zero attached hydrogens (tertiary/aromatic N) is 4. The Hall–Kier alpha value is -2.82. The van der Waals surface area contributed by atoms with E-state index >= 15 is 0 Å². The number of hydrogen-bond donors (Lipinski definition) is 3. The van der Waals surface area contributed by atoms with Crippen molar-refractivity contribution in [2.75, 3.05) is 19.6 Å². The van der Waals surface area contributed by atoms with Gasteiger partial charge in [-0.15, -0.1) is 0 Å². The number of pyridine rings is 1. The van der Waals surface area contributed by atoms with Gasteiger partial charge in [0.2, 0.25) is 0 Å². The topological polar surface area (TPSA) is 99.1 Å². The maximum absolute atomic E-state index is 12.4. The molecular formula is C17H19F3N6O2. The molecule has 0 radical (unpaired) electrons. The van der Waals surface area contributed by atoms with E-state index in [-0.39, 0.29) is 12.6 Å². The number of halogens is 3. The van der Waals surface area contributed by atoms with Crippen molar-refractivity contribution in [3.05, 3.63) is 24.3 Å². The van der Waals surface area contributed by atoms with E-state index in [4.69, 9.17) is 0 Å². The van der Waals surface area contributed by atoms with Gasteiger partial charge in [0.25, 0.3) is 0 Å². The molecular weight excluding hydrogens is 377 g/mol. The summed E-state index contributed by atoms with van der Waals surface area (Å²) in [6.07, 6.45) is -1.41. The van der Waals surface area contributed by atoms with Gasteiger partial charge in [-0.05, 0) is 19.4 Å². The summed E-state index contributed by atoms with van der Waals surface area (Å²) in [5, 5.41) is 12.9. The SMILES string of the molecule is C[C@@H](O)c1nc2cnc3[nH]ccc3c2n1[C@@H]1CCN(C(=O)NCC(F)(F)F)C1. The van der Waals surface area contributed by atoms with Gasteiger partial charge in [-0.25, -0.2) is 14.8 Å². The Morgan fingerprint density at radius 2 is 2.29 bits per heavy atom. The van der Waals surface area contributed by atoms with Crippen LogP contribution in [0.3, 0.4) is 0 Å². The van der Waals surface area contributed by atoms with E-state index in [1.54, 1.807) is 19.3 Å². The fourth-order valence-corrected chi connectivity index (χ4v) is 3.70. The second-order valence-corrected chi connectivity index (χ2v) is 6.91. The van der Waals surface area contributed by atoms with E-state index in [9.17, 15) is 23.1 Å². The highest BCUT2D eigenvalue weighted by molar-refractivity contribution is 6.01. The van der Waals surface area contributed by atoms with Gasteiger partial charge < -0.3 is 24.9 Å². The van der Waals surface area contributed by atoms with Gasteiger partial charge >= 0.3 is 12.2 Å². The summed E-state index contributed by atoms with van der Waals surface area (Å²) in [5.74, 6) is 0.438. The maximum atomic E-state index is 12.4. The molecule has 4 rings (SSSR count). The number of aromatic nitrogens is 4. The van der Waals surface area contributed by atoms with Crippen LogP contribution >= 0.6 is 0 Å². The maximum Gasteiger partial charge on any atom is 0.405 e. The highest BCUT2D eigenvalue weighted by Gasteiger charge is 2.34. The lowest BCUT2D eigenvalue weighted by molar-refractivity contribution is -0.123. The first kappa shape index (κ1) is 18.5. The third-order valence-electron chi connectivity index (χ3n) is 4.89. The lowest BCUT2D eigenvalue weighted by atomic mass is 10.2. The van der Waals surface area contributed by atoms with Crippen LogP contribution in [-0.2, 0) is 0 Å². The summed E-state index contributed by atoms with van der Waals surface area (Å²) in [6, 6.07) is 0.889. The summed E-state index contributed by atoms with van der Waals surface area (Å²) in [5.41, 5.74) is 2.07. The fourth-order valence-electron chi connectivity index (χ4n) is 3.70. The minimum atomic E-state index is -4.46. The van der Waals surface area contributed by atoms with E-state index < -0.39 is 24.9 Å². The van der Waals surface area contributed by atoms with Crippen LogP contribution in [0, 0.1) is 0 Å². The molecule has 0 unspecified atom stereocenters. The zero-order chi connectivity index (χ0) is 20.1. The van der Waals surface area contributed by atoms with E-state index in [1.165, 1.54) is 4.90 Å². The zero-order valence-corrected chi connectivity index (χ0v) is 15.0. The van der Waals surface area contributed by atoms with Gasteiger partial charge in [-0.1, -0.05) is 0 Å². The molecule has 2 atom stereocenters. The molecule has 0 aromatic carbocycles. The molecule has 0 aliphatic carbocycles. The highest BCUT2D eigenvalue weighted by atomic mass is 19.4. The number of fused-ring (bicyclic) bond motifs is 3. The zero-order valence-electron chi connectivity index (χ0n) is 15.0. The summed E-state index contributed by atoms with van der Waals surface area (Å²) in [4.78, 5) is 25.3. The number of alkyl halides is 3. The van der Waals surface area contributed by atoms with Crippen LogP contribution in [0.2, 0.25) is 0 Å². The summed E-state index contributed by atoms with van der Waals surface area (Å²) < 4.78 is 38.9. The van der Waals surface area contributed by atoms with Crippen LogP contribution in [0.25, 0.3) is 22.1 Å². The summed E-state index contributed by atoms with van der Waals surface area (Å²) in [6.45, 7) is 0.773. The number of amides is 2. The van der Waals surface area contributed by atoms with Crippen molar-refractivity contribution in [3.63, 3.8) is 0 Å². The lowest BCUT2D eigenvalue weighted by Gasteiger charge is -2.20. The molecule has 0 saturated carbocycles. The molecule has 2 amide bonds. The fraction of sp³-hybridized carbons (Fsp3) is 0.471. The van der Waals surface area contributed by atoms with Gasteiger partial charge in [0.15, 0.2) is 0 Å². The van der Waals surface area contributed by atoms with Crippen molar-refractivity contribution in [1.29, 1.82) is 0 Å². The number of aromatic amines is 1. The second-order valence-electron chi connectivity index (χ2n) is 6.91. The van der Waals surface area contributed by atoms with Gasteiger partial charge in [0.1, 0.15) is 29.6 Å². The number of aliphatic hydroxyl groups excluding tert-OH is 1. The average Bonchev–Trinajstić information content (AvgIpc) is 3.33. The molecule has 1 fully saturated rings. The number of carbonyl (C=O) groups is 1. The molecule has 0 spiro atoms. The number of H-pyrrole nitrogens is 1. The van der Waals surface area contributed by atoms with Crippen molar-refractivity contribution < 1.29 is 23.1 Å². The van der Waals surface area contributed by atoms with Crippen molar-refractivity contribution in [3.8, 4) is 0 Å². The molecule has 1 aliphatic heterocycles. The van der Waals surface area contributed by atoms with Crippen molar-refractivity contribution in [2.24, 2.45) is 0 Å². The molecule has 150 valence electrons. The second kappa shape index (κ2) is 6.66. The number of imidazole rings is 1. The Morgan fingerprint density at radius 3 is 3.00 bits per heavy atom. The standard InChI is InChI=1S/C17H19F3N6O2/c1-9(27)15-24-12-6-22-14-11(2-4-21-14)13(12)26(15)10-3-5-25(7-10)16(28)23-8-17(18,19)20/h2,4,6,9-10,27H,3,5,7-8H2,1H3,(H,21,22)(H,23,28)/t9-,10-/m1/s1. The Kier molecular flexibility index (Phi) is 4.41. The Balaban J connectivity index is 1.66. The molecule has 8 nitrogen and oxygen atoms in total. The quantitative estimate of drug-likeness (QED) is 0.633. The van der Waals surface area contributed by atoms with Crippen LogP contribution in [0.1, 0.15) is 31.3 Å². The molecule has 1 aliphatic rings. The van der Waals surface area contributed by atoms with Crippen molar-refractivity contribution in [1.82, 2.24) is 29.7 Å². The first-order chi connectivity index (χ1) is 13.2. The first-order valence-electron chi connectivity index (χ1n) is 8.86. The van der Waals surface area contributed by atoms with Crippen LogP contribution in [0.15, 0.2) is 18.5 Å². The minimum Gasteiger partial charge on any atom is -0.385 e. The molecule has 3 N–H and O–H groups in total. The Bertz CT molecular complexity index is 1030. The molecule has 0 bridgehead atoms. The molecule has 11 heteroatoms. The highest BCUT2D eigenvalue weighted by Crippen LogP contribution is 2.33. The van der Waals surface area contributed by atoms with Crippen LogP contribution in [0.4, 0.5) is 18.0 Å². The number of nitrogens with one attached hydrogen (secondary N) is 2. The predicted octanol–water partition coefficient (Wildman–Crippen LogP) is 2.48. The van der Waals surface area contributed by atoms with E-state index in [2.05, 4.69) is 15.0 Å². The average molecular weight is 396 g/mol. The smallest absolute Gasteiger partial charge is 0.385 e. The summed E-state index contributed by atoms with van der Waals surface area (Å²) in [7, 11) is 0. The summed E-state index contributed by atoms with van der Waals surface area (Å²) >= 11 is 0. The number of aliphatic hydroxyl groups is 1. The Labute approximate surface area is 157 Å². The molecule has 1 saturated heterocycles. The van der Waals surface area contributed by atoms with Crippen molar-refractivity contribution in [2.45, 2.75) is 31.7 Å². The van der Waals surface area contributed by atoms with E-state index in [0.717, 1.165) is 10.9 Å². The van der Waals surface area contributed by atoms with Crippen LogP contribution in [-0.4, -0.2) is 61.4 Å². The van der Waals surface area contributed by atoms with Gasteiger partial charge in [0, 0.05) is 24.7 Å². The minimum absolute atomic E-state index is 0.216. The molecule has 28 heavy (non-hydrogen) atoms. The molecule has 4 heterocycles. The van der Waals surface area contributed by atoms with E-state index in [0.29, 0.717) is 30.0 Å². The Morgan fingerprint density at radius 1 is 1.50 bits per heavy atom. The normalized spacial score (nSPS) is 18.9. The number of likely N-dealkylation sites (tertiary alicyclic amines) is 1. The largest absolute Gasteiger partial charge is 0.405 e. The van der Waals surface area contributed by atoms with Crippen LogP contribution in [0.5, 0.6) is 0 Å². The monoisotopic (exact) mass is 396 g/mol. The van der Waals surface area contributed by atoms with Gasteiger partial charge in [0.05, 0.1) is 17.8 Å². The number of hydrogen-bond acceptors (Lipinski definition) is 4. The third-order valence-corrected chi connectivity index (χ3v) is 4.89. The number of carbonyl (C=O) groups excluding carboxylic acids is 1. The lowest BCUT2D eigenvalue weighted by Crippen LogP contribution is -2.42. The van der Waals surface area contributed by atoms with Crippen LogP contribution < -0.4 is 5.32 Å². The molecule has 3 aromatic heterocycles. The predicted molar refractivity (Wildman–Crippen MR) is 94.7 cm³/mol. The molecule has 3 aromatic rings. The number of rotatable bonds is 3. The van der Waals surface area contributed by atoms with Gasteiger partial charge in [-0.3, -0.25) is 0 Å². The third kappa shape index (κ3) is 3.26. The first-order valence-corrected chi connectivity index (χ1v) is 8.86. The van der Waals surface area contributed by atoms with Gasteiger partial charge in [-0.2, -0.15) is 13.2 Å². The van der Waals surface area contributed by atoms with Crippen molar-refractivity contribution >= 4 is 28.1 Å². The number of urea groups is 1.